The summed E-state index contributed by atoms with van der Waals surface area (Å²) in [6.45, 7) is 2.14. The summed E-state index contributed by atoms with van der Waals surface area (Å²) in [7, 11) is 3.38. The molecule has 2 aromatic rings. The minimum Gasteiger partial charge on any atom is -0.497 e. The molecule has 4 rings (SSSR count). The van der Waals surface area contributed by atoms with Crippen LogP contribution in [0.2, 0.25) is 0 Å². The van der Waals surface area contributed by atoms with Crippen LogP contribution < -0.4 is 10.1 Å². The van der Waals surface area contributed by atoms with E-state index in [0.717, 1.165) is 24.2 Å². The van der Waals surface area contributed by atoms with Crippen LogP contribution in [-0.4, -0.2) is 81.4 Å². The van der Waals surface area contributed by atoms with Crippen molar-refractivity contribution in [2.45, 2.75) is 44.0 Å². The number of aliphatic hydroxyl groups excluding tert-OH is 1. The van der Waals surface area contributed by atoms with Gasteiger partial charge in [-0.3, -0.25) is 19.2 Å². The highest BCUT2D eigenvalue weighted by Gasteiger charge is 2.41. The lowest BCUT2D eigenvalue weighted by molar-refractivity contribution is -0.126. The van der Waals surface area contributed by atoms with Gasteiger partial charge in [-0.25, -0.2) is 0 Å². The van der Waals surface area contributed by atoms with E-state index in [2.05, 4.69) is 15.3 Å². The molecule has 0 spiro atoms. The number of nitrogens with zero attached hydrogens (tertiary/aromatic N) is 4. The van der Waals surface area contributed by atoms with Gasteiger partial charge in [-0.2, -0.15) is 5.10 Å². The van der Waals surface area contributed by atoms with Crippen molar-refractivity contribution in [1.29, 1.82) is 0 Å². The second-order valence-electron chi connectivity index (χ2n) is 8.53. The Kier molecular flexibility index (Phi) is 6.76. The zero-order chi connectivity index (χ0) is 22.7. The van der Waals surface area contributed by atoms with Gasteiger partial charge < -0.3 is 20.1 Å². The molecule has 1 aromatic heterocycles. The molecule has 0 radical (unpaired) electrons. The summed E-state index contributed by atoms with van der Waals surface area (Å²) in [4.78, 5) is 29.7. The van der Waals surface area contributed by atoms with Gasteiger partial charge in [-0.15, -0.1) is 0 Å². The van der Waals surface area contributed by atoms with E-state index in [1.54, 1.807) is 31.1 Å². The van der Waals surface area contributed by atoms with Gasteiger partial charge in [0.25, 0.3) is 5.91 Å². The highest BCUT2D eigenvalue weighted by atomic mass is 16.5. The van der Waals surface area contributed by atoms with Crippen LogP contribution in [0.25, 0.3) is 0 Å². The first-order valence-electron chi connectivity index (χ1n) is 11.1. The summed E-state index contributed by atoms with van der Waals surface area (Å²) < 4.78 is 6.83. The topological polar surface area (TPSA) is 99.9 Å². The lowest BCUT2D eigenvalue weighted by atomic mass is 10.0. The van der Waals surface area contributed by atoms with Crippen molar-refractivity contribution in [3.63, 3.8) is 0 Å². The molecule has 2 atom stereocenters. The van der Waals surface area contributed by atoms with Crippen LogP contribution in [0.1, 0.15) is 35.3 Å². The Labute approximate surface area is 187 Å². The molecule has 0 bridgehead atoms. The molecule has 1 aromatic carbocycles. The number of ether oxygens (including phenoxy) is 1. The number of amides is 2. The zero-order valence-corrected chi connectivity index (χ0v) is 18.6. The number of hydrogen-bond donors (Lipinski definition) is 2. The van der Waals surface area contributed by atoms with E-state index >= 15 is 0 Å². The maximum Gasteiger partial charge on any atom is 0.272 e. The number of carbonyl (C=O) groups is 2. The first-order chi connectivity index (χ1) is 15.5. The molecule has 172 valence electrons. The smallest absolute Gasteiger partial charge is 0.272 e. The minimum atomic E-state index is -0.517. The monoisotopic (exact) mass is 441 g/mol. The summed E-state index contributed by atoms with van der Waals surface area (Å²) >= 11 is 0. The Hall–Kier alpha value is -2.91. The lowest BCUT2D eigenvalue weighted by Crippen LogP contribution is -2.52. The van der Waals surface area contributed by atoms with Crippen molar-refractivity contribution in [3.05, 3.63) is 47.8 Å². The number of aryl methyl sites for hydroxylation is 1. The molecule has 9 heteroatoms. The van der Waals surface area contributed by atoms with Crippen molar-refractivity contribution in [1.82, 2.24) is 24.9 Å². The number of hydrogen-bond acceptors (Lipinski definition) is 6. The van der Waals surface area contributed by atoms with Crippen molar-refractivity contribution < 1.29 is 19.4 Å². The molecule has 2 aliphatic rings. The third-order valence-electron chi connectivity index (χ3n) is 6.48. The zero-order valence-electron chi connectivity index (χ0n) is 18.6. The van der Waals surface area contributed by atoms with Crippen molar-refractivity contribution >= 4 is 11.8 Å². The largest absolute Gasteiger partial charge is 0.497 e. The van der Waals surface area contributed by atoms with Crippen LogP contribution in [-0.2, 0) is 18.4 Å². The van der Waals surface area contributed by atoms with Gasteiger partial charge in [-0.05, 0) is 43.0 Å². The van der Waals surface area contributed by atoms with Gasteiger partial charge in [0.1, 0.15) is 11.4 Å². The number of nitrogens with one attached hydrogen (secondary N) is 1. The van der Waals surface area contributed by atoms with Crippen LogP contribution in [0.4, 0.5) is 0 Å². The number of β-amino-alcohol motifs (C(OH)–C–C–N with tert-alkyl or cyclic N) is 1. The second-order valence-corrected chi connectivity index (χ2v) is 8.53. The average molecular weight is 442 g/mol. The highest BCUT2D eigenvalue weighted by Crippen LogP contribution is 2.27. The quantitative estimate of drug-likeness (QED) is 0.688. The van der Waals surface area contributed by atoms with Crippen molar-refractivity contribution in [2.75, 3.05) is 26.7 Å². The second kappa shape index (κ2) is 9.70. The molecule has 2 fully saturated rings. The Bertz CT molecular complexity index is 953. The van der Waals surface area contributed by atoms with Crippen molar-refractivity contribution in [3.8, 4) is 5.75 Å². The average Bonchev–Trinajstić information content (AvgIpc) is 3.42. The molecule has 2 aliphatic heterocycles. The fourth-order valence-corrected chi connectivity index (χ4v) is 4.74. The lowest BCUT2D eigenvalue weighted by Gasteiger charge is -2.38. The summed E-state index contributed by atoms with van der Waals surface area (Å²) in [5.41, 5.74) is 1.54. The Morgan fingerprint density at radius 3 is 2.72 bits per heavy atom. The van der Waals surface area contributed by atoms with Gasteiger partial charge >= 0.3 is 0 Å². The predicted octanol–water partition coefficient (Wildman–Crippen LogP) is 0.785. The summed E-state index contributed by atoms with van der Waals surface area (Å²) in [5, 5.41) is 17.4. The van der Waals surface area contributed by atoms with Gasteiger partial charge in [0.05, 0.1) is 19.3 Å². The fourth-order valence-electron chi connectivity index (χ4n) is 4.74. The van der Waals surface area contributed by atoms with Crippen LogP contribution in [0, 0.1) is 0 Å². The first kappa shape index (κ1) is 22.3. The molecule has 9 nitrogen and oxygen atoms in total. The van der Waals surface area contributed by atoms with E-state index in [1.165, 1.54) is 0 Å². The molecule has 2 amide bonds. The van der Waals surface area contributed by atoms with E-state index in [1.807, 2.05) is 29.2 Å². The molecular formula is C23H31N5O4. The molecule has 0 saturated carbocycles. The van der Waals surface area contributed by atoms with Gasteiger partial charge in [-0.1, -0.05) is 12.1 Å². The maximum absolute atomic E-state index is 13.0. The predicted molar refractivity (Wildman–Crippen MR) is 118 cm³/mol. The van der Waals surface area contributed by atoms with Gasteiger partial charge in [0.15, 0.2) is 0 Å². The number of aromatic nitrogens is 2. The number of benzene rings is 1. The highest BCUT2D eigenvalue weighted by molar-refractivity contribution is 5.92. The van der Waals surface area contributed by atoms with E-state index in [-0.39, 0.29) is 23.9 Å². The van der Waals surface area contributed by atoms with Crippen LogP contribution in [0.3, 0.4) is 0 Å². The molecule has 3 heterocycles. The van der Waals surface area contributed by atoms with Crippen LogP contribution in [0.5, 0.6) is 5.75 Å². The normalized spacial score (nSPS) is 22.2. The maximum atomic E-state index is 13.0. The number of piperidine rings is 1. The standard InChI is InChI=1S/C23H31N5O4/c1-26-20(6-9-25-26)23(31)27-10-7-17(8-11-27)28-15-18(29)13-21(28)22(30)24-14-16-4-3-5-19(12-16)32-2/h3-6,9,12,17-18,21,29H,7-8,10-11,13-15H2,1-2H3,(H,24,30)/t18-,21+/m1/s1. The number of methoxy groups -OCH3 is 1. The van der Waals surface area contributed by atoms with Crippen LogP contribution in [0.15, 0.2) is 36.5 Å². The Balaban J connectivity index is 1.34. The summed E-state index contributed by atoms with van der Waals surface area (Å²) in [6, 6.07) is 9.14. The van der Waals surface area contributed by atoms with E-state index in [4.69, 9.17) is 4.74 Å². The number of aliphatic hydroxyl groups is 1. The number of rotatable bonds is 6. The molecule has 0 unspecified atom stereocenters. The molecule has 2 saturated heterocycles. The van der Waals surface area contributed by atoms with E-state index in [9.17, 15) is 14.7 Å². The first-order valence-corrected chi connectivity index (χ1v) is 11.1. The minimum absolute atomic E-state index is 0.0162. The number of carbonyl (C=O) groups excluding carboxylic acids is 2. The van der Waals surface area contributed by atoms with Crippen molar-refractivity contribution in [2.24, 2.45) is 7.05 Å². The molecule has 0 aliphatic carbocycles. The molecular weight excluding hydrogens is 410 g/mol. The third-order valence-corrected chi connectivity index (χ3v) is 6.48. The van der Waals surface area contributed by atoms with Crippen LogP contribution >= 0.6 is 0 Å². The third kappa shape index (κ3) is 4.78. The molecule has 2 N–H and O–H groups in total. The van der Waals surface area contributed by atoms with E-state index < -0.39 is 6.10 Å². The summed E-state index contributed by atoms with van der Waals surface area (Å²) in [5.74, 6) is 0.664. The van der Waals surface area contributed by atoms with Gasteiger partial charge in [0, 0.05) is 45.5 Å². The fraction of sp³-hybridized carbons (Fsp3) is 0.522. The SMILES string of the molecule is COc1cccc(CNC(=O)[C@@H]2C[C@@H](O)CN2C2CCN(C(=O)c3ccnn3C)CC2)c1. The molecule has 32 heavy (non-hydrogen) atoms. The Morgan fingerprint density at radius 1 is 1.25 bits per heavy atom. The Morgan fingerprint density at radius 2 is 2.03 bits per heavy atom. The van der Waals surface area contributed by atoms with E-state index in [0.29, 0.717) is 38.3 Å². The summed E-state index contributed by atoms with van der Waals surface area (Å²) in [6.07, 6.45) is 3.08. The number of likely N-dealkylation sites (tertiary alicyclic amines) is 2. The van der Waals surface area contributed by atoms with Gasteiger partial charge in [0.2, 0.25) is 5.91 Å².